The number of rotatable bonds is 4. The molecule has 1 N–H and O–H groups in total. The molecule has 0 saturated carbocycles. The highest BCUT2D eigenvalue weighted by Crippen LogP contribution is 2.29. The van der Waals surface area contributed by atoms with Crippen LogP contribution in [-0.2, 0) is 4.79 Å². The molecule has 0 spiro atoms. The lowest BCUT2D eigenvalue weighted by Crippen LogP contribution is -1.96. The van der Waals surface area contributed by atoms with Crippen molar-refractivity contribution in [3.8, 4) is 5.75 Å². The summed E-state index contributed by atoms with van der Waals surface area (Å²) in [6.07, 6.45) is 1.21. The number of hydrogen-bond donors (Lipinski definition) is 1. The lowest BCUT2D eigenvalue weighted by Gasteiger charge is -2.13. The quantitative estimate of drug-likeness (QED) is 0.813. The van der Waals surface area contributed by atoms with E-state index in [0.717, 1.165) is 22.4 Å². The summed E-state index contributed by atoms with van der Waals surface area (Å²) in [7, 11) is 1.64. The molecule has 0 amide bonds. The van der Waals surface area contributed by atoms with Gasteiger partial charge < -0.3 is 9.84 Å². The van der Waals surface area contributed by atoms with Crippen molar-refractivity contribution in [2.45, 2.75) is 26.7 Å². The van der Waals surface area contributed by atoms with E-state index in [-0.39, 0.29) is 0 Å². The van der Waals surface area contributed by atoms with Crippen molar-refractivity contribution in [3.63, 3.8) is 0 Å². The summed E-state index contributed by atoms with van der Waals surface area (Å²) in [6, 6.07) is 5.74. The van der Waals surface area contributed by atoms with Crippen LogP contribution in [0.25, 0.3) is 5.57 Å². The second-order valence-electron chi connectivity index (χ2n) is 4.28. The highest BCUT2D eigenvalue weighted by molar-refractivity contribution is 5.89. The zero-order chi connectivity index (χ0) is 13.0. The van der Waals surface area contributed by atoms with Gasteiger partial charge in [-0.05, 0) is 41.7 Å². The smallest absolute Gasteiger partial charge is 0.328 e. The van der Waals surface area contributed by atoms with Crippen molar-refractivity contribution in [1.82, 2.24) is 0 Å². The first kappa shape index (κ1) is 13.3. The molecule has 0 atom stereocenters. The van der Waals surface area contributed by atoms with Crippen molar-refractivity contribution in [2.24, 2.45) is 0 Å². The van der Waals surface area contributed by atoms with E-state index in [2.05, 4.69) is 13.8 Å². The molecule has 1 aromatic carbocycles. The molecule has 0 aromatic heterocycles. The fourth-order valence-corrected chi connectivity index (χ4v) is 1.70. The third-order valence-electron chi connectivity index (χ3n) is 2.65. The molecule has 3 nitrogen and oxygen atoms in total. The van der Waals surface area contributed by atoms with Gasteiger partial charge in [-0.1, -0.05) is 19.9 Å². The second-order valence-corrected chi connectivity index (χ2v) is 4.28. The summed E-state index contributed by atoms with van der Waals surface area (Å²) in [4.78, 5) is 10.6. The van der Waals surface area contributed by atoms with Crippen LogP contribution in [0.5, 0.6) is 5.75 Å². The first-order chi connectivity index (χ1) is 7.95. The summed E-state index contributed by atoms with van der Waals surface area (Å²) in [5.74, 6) is 0.249. The minimum absolute atomic E-state index is 0.336. The topological polar surface area (TPSA) is 46.5 Å². The van der Waals surface area contributed by atoms with Crippen molar-refractivity contribution in [1.29, 1.82) is 0 Å². The van der Waals surface area contributed by atoms with Gasteiger partial charge >= 0.3 is 5.97 Å². The van der Waals surface area contributed by atoms with Crippen LogP contribution in [0, 0.1) is 0 Å². The number of allylic oxidation sites excluding steroid dienone is 1. The van der Waals surface area contributed by atoms with Crippen LogP contribution in [0.3, 0.4) is 0 Å². The molecule has 3 heteroatoms. The van der Waals surface area contributed by atoms with Crippen LogP contribution in [0.15, 0.2) is 24.3 Å². The number of methoxy groups -OCH3 is 1. The van der Waals surface area contributed by atoms with Gasteiger partial charge in [0.2, 0.25) is 0 Å². The van der Waals surface area contributed by atoms with E-state index < -0.39 is 5.97 Å². The normalized spacial score (nSPS) is 11.7. The van der Waals surface area contributed by atoms with Crippen LogP contribution in [0.1, 0.15) is 37.8 Å². The molecule has 0 saturated heterocycles. The third kappa shape index (κ3) is 3.34. The standard InChI is InChI=1S/C14H18O3/c1-9(2)12-8-11(5-6-13(12)17-4)10(3)7-14(15)16/h5-9H,1-4H3,(H,15,16)/b10-7+. The Bertz CT molecular complexity index is 445. The highest BCUT2D eigenvalue weighted by atomic mass is 16.5. The van der Waals surface area contributed by atoms with E-state index in [4.69, 9.17) is 9.84 Å². The Balaban J connectivity index is 3.21. The highest BCUT2D eigenvalue weighted by Gasteiger charge is 2.09. The van der Waals surface area contributed by atoms with Crippen LogP contribution >= 0.6 is 0 Å². The number of hydrogen-bond acceptors (Lipinski definition) is 2. The maximum absolute atomic E-state index is 10.6. The lowest BCUT2D eigenvalue weighted by molar-refractivity contribution is -0.131. The Morgan fingerprint density at radius 1 is 1.41 bits per heavy atom. The van der Waals surface area contributed by atoms with E-state index in [1.807, 2.05) is 18.2 Å². The lowest BCUT2D eigenvalue weighted by atomic mass is 9.97. The van der Waals surface area contributed by atoms with Gasteiger partial charge in [0.15, 0.2) is 0 Å². The molecule has 0 bridgehead atoms. The van der Waals surface area contributed by atoms with E-state index >= 15 is 0 Å². The summed E-state index contributed by atoms with van der Waals surface area (Å²) in [6.45, 7) is 5.95. The first-order valence-electron chi connectivity index (χ1n) is 5.55. The van der Waals surface area contributed by atoms with E-state index in [1.165, 1.54) is 6.08 Å². The van der Waals surface area contributed by atoms with Gasteiger partial charge in [0.05, 0.1) is 7.11 Å². The van der Waals surface area contributed by atoms with E-state index in [0.29, 0.717) is 5.92 Å². The molecular weight excluding hydrogens is 216 g/mol. The van der Waals surface area contributed by atoms with Gasteiger partial charge in [0, 0.05) is 6.08 Å². The molecule has 0 aliphatic rings. The fourth-order valence-electron chi connectivity index (χ4n) is 1.70. The van der Waals surface area contributed by atoms with E-state index in [9.17, 15) is 4.79 Å². The van der Waals surface area contributed by atoms with E-state index in [1.54, 1.807) is 14.0 Å². The minimum Gasteiger partial charge on any atom is -0.496 e. The van der Waals surface area contributed by atoms with Gasteiger partial charge in [0.1, 0.15) is 5.75 Å². The molecule has 1 aromatic rings. The number of benzene rings is 1. The molecule has 17 heavy (non-hydrogen) atoms. The minimum atomic E-state index is -0.926. The van der Waals surface area contributed by atoms with Crippen molar-refractivity contribution in [2.75, 3.05) is 7.11 Å². The van der Waals surface area contributed by atoms with Crippen LogP contribution in [-0.4, -0.2) is 18.2 Å². The van der Waals surface area contributed by atoms with Crippen molar-refractivity contribution in [3.05, 3.63) is 35.4 Å². The Morgan fingerprint density at radius 2 is 2.06 bits per heavy atom. The van der Waals surface area contributed by atoms with Crippen molar-refractivity contribution < 1.29 is 14.6 Å². The number of carboxylic acid groups (broad SMARTS) is 1. The van der Waals surface area contributed by atoms with Gasteiger partial charge in [0.25, 0.3) is 0 Å². The average molecular weight is 234 g/mol. The number of carboxylic acids is 1. The summed E-state index contributed by atoms with van der Waals surface area (Å²) in [5, 5.41) is 8.72. The molecular formula is C14H18O3. The summed E-state index contributed by atoms with van der Waals surface area (Å²) in [5.41, 5.74) is 2.74. The molecule has 1 rings (SSSR count). The largest absolute Gasteiger partial charge is 0.496 e. The van der Waals surface area contributed by atoms with Gasteiger partial charge in [-0.15, -0.1) is 0 Å². The monoisotopic (exact) mass is 234 g/mol. The SMILES string of the molecule is COc1ccc(/C(C)=C/C(=O)O)cc1C(C)C. The number of aliphatic carboxylic acids is 1. The molecule has 0 aliphatic carbocycles. The summed E-state index contributed by atoms with van der Waals surface area (Å²) >= 11 is 0. The molecule has 92 valence electrons. The Hall–Kier alpha value is -1.77. The predicted molar refractivity (Wildman–Crippen MR) is 68.4 cm³/mol. The molecule has 0 heterocycles. The van der Waals surface area contributed by atoms with Gasteiger partial charge in [-0.3, -0.25) is 0 Å². The fraction of sp³-hybridized carbons (Fsp3) is 0.357. The molecule has 0 radical (unpaired) electrons. The predicted octanol–water partition coefficient (Wildman–Crippen LogP) is 3.31. The third-order valence-corrected chi connectivity index (χ3v) is 2.65. The Labute approximate surface area is 102 Å². The van der Waals surface area contributed by atoms with Crippen LogP contribution in [0.2, 0.25) is 0 Å². The average Bonchev–Trinajstić information content (AvgIpc) is 2.27. The number of ether oxygens (including phenoxy) is 1. The first-order valence-corrected chi connectivity index (χ1v) is 5.55. The van der Waals surface area contributed by atoms with Crippen LogP contribution < -0.4 is 4.74 Å². The van der Waals surface area contributed by atoms with Crippen LogP contribution in [0.4, 0.5) is 0 Å². The van der Waals surface area contributed by atoms with Gasteiger partial charge in [-0.25, -0.2) is 4.79 Å². The Morgan fingerprint density at radius 3 is 2.53 bits per heavy atom. The maximum atomic E-state index is 10.6. The number of carbonyl (C=O) groups is 1. The molecule has 0 unspecified atom stereocenters. The van der Waals surface area contributed by atoms with Crippen molar-refractivity contribution >= 4 is 11.5 Å². The molecule has 0 fully saturated rings. The summed E-state index contributed by atoms with van der Waals surface area (Å²) < 4.78 is 5.29. The van der Waals surface area contributed by atoms with Gasteiger partial charge in [-0.2, -0.15) is 0 Å². The zero-order valence-electron chi connectivity index (χ0n) is 10.7. The molecule has 0 aliphatic heterocycles. The maximum Gasteiger partial charge on any atom is 0.328 e. The zero-order valence-corrected chi connectivity index (χ0v) is 10.7. The Kier molecular flexibility index (Phi) is 4.32. The second kappa shape index (κ2) is 5.53.